The minimum Gasteiger partial charge on any atom is -0.478 e. The Morgan fingerprint density at radius 3 is 2.75 bits per heavy atom. The fourth-order valence-electron chi connectivity index (χ4n) is 1.15. The van der Waals surface area contributed by atoms with Gasteiger partial charge in [0.2, 0.25) is 0 Å². The van der Waals surface area contributed by atoms with Crippen molar-refractivity contribution in [1.82, 2.24) is 0 Å². The van der Waals surface area contributed by atoms with E-state index >= 15 is 0 Å². The van der Waals surface area contributed by atoms with Gasteiger partial charge in [-0.05, 0) is 29.6 Å². The standard InChI is InChI=1S/C11H7FO2S2/c12-8-6-7(11(13)14)3-4-9(8)16-10-2-1-5-15-10/h1-6H,(H,13,14). The van der Waals surface area contributed by atoms with Gasteiger partial charge in [0.15, 0.2) is 0 Å². The lowest BCUT2D eigenvalue weighted by atomic mass is 10.2. The predicted molar refractivity (Wildman–Crippen MR) is 61.8 cm³/mol. The van der Waals surface area contributed by atoms with Crippen molar-refractivity contribution >= 4 is 29.1 Å². The molecule has 2 rings (SSSR count). The monoisotopic (exact) mass is 254 g/mol. The summed E-state index contributed by atoms with van der Waals surface area (Å²) in [5.41, 5.74) is -0.0342. The van der Waals surface area contributed by atoms with Crippen LogP contribution in [0.15, 0.2) is 44.8 Å². The molecule has 82 valence electrons. The van der Waals surface area contributed by atoms with Gasteiger partial charge in [-0.2, -0.15) is 0 Å². The average Bonchev–Trinajstić information content (AvgIpc) is 2.73. The largest absolute Gasteiger partial charge is 0.478 e. The van der Waals surface area contributed by atoms with Gasteiger partial charge in [0.1, 0.15) is 5.82 Å². The van der Waals surface area contributed by atoms with Gasteiger partial charge in [-0.3, -0.25) is 0 Å². The normalized spacial score (nSPS) is 10.3. The van der Waals surface area contributed by atoms with E-state index < -0.39 is 11.8 Å². The summed E-state index contributed by atoms with van der Waals surface area (Å²) < 4.78 is 14.5. The van der Waals surface area contributed by atoms with Crippen molar-refractivity contribution in [3.63, 3.8) is 0 Å². The molecule has 0 aliphatic rings. The highest BCUT2D eigenvalue weighted by Gasteiger charge is 2.09. The summed E-state index contributed by atoms with van der Waals surface area (Å²) in [6.45, 7) is 0. The second-order valence-corrected chi connectivity index (χ2v) is 5.27. The Morgan fingerprint density at radius 1 is 1.38 bits per heavy atom. The Bertz CT molecular complexity index is 509. The van der Waals surface area contributed by atoms with Gasteiger partial charge >= 0.3 is 5.97 Å². The summed E-state index contributed by atoms with van der Waals surface area (Å²) >= 11 is 2.81. The molecule has 0 atom stereocenters. The molecule has 0 saturated heterocycles. The Balaban J connectivity index is 2.26. The van der Waals surface area contributed by atoms with Crippen LogP contribution < -0.4 is 0 Å². The molecule has 2 nitrogen and oxygen atoms in total. The predicted octanol–water partition coefficient (Wildman–Crippen LogP) is 3.74. The van der Waals surface area contributed by atoms with Crippen LogP contribution in [0.5, 0.6) is 0 Å². The number of carboxylic acid groups (broad SMARTS) is 1. The zero-order chi connectivity index (χ0) is 11.5. The van der Waals surface area contributed by atoms with E-state index in [0.717, 1.165) is 10.3 Å². The lowest BCUT2D eigenvalue weighted by molar-refractivity contribution is 0.0696. The van der Waals surface area contributed by atoms with Gasteiger partial charge < -0.3 is 5.11 Å². The molecule has 0 unspecified atom stereocenters. The number of halogens is 1. The van der Waals surface area contributed by atoms with Crippen LogP contribution in [-0.2, 0) is 0 Å². The molecule has 0 fully saturated rings. The van der Waals surface area contributed by atoms with E-state index in [1.807, 2.05) is 17.5 Å². The van der Waals surface area contributed by atoms with Crippen molar-refractivity contribution in [2.24, 2.45) is 0 Å². The van der Waals surface area contributed by atoms with E-state index in [-0.39, 0.29) is 5.56 Å². The first-order valence-electron chi connectivity index (χ1n) is 4.41. The Kier molecular flexibility index (Phi) is 3.26. The molecule has 2 aromatic rings. The SMILES string of the molecule is O=C(O)c1ccc(Sc2cccs2)c(F)c1. The van der Waals surface area contributed by atoms with Crippen molar-refractivity contribution in [2.75, 3.05) is 0 Å². The lowest BCUT2D eigenvalue weighted by Crippen LogP contribution is -1.97. The van der Waals surface area contributed by atoms with E-state index in [1.165, 1.54) is 35.2 Å². The van der Waals surface area contributed by atoms with Crippen LogP contribution in [0.2, 0.25) is 0 Å². The van der Waals surface area contributed by atoms with E-state index in [9.17, 15) is 9.18 Å². The summed E-state index contributed by atoms with van der Waals surface area (Å²) in [4.78, 5) is 11.0. The zero-order valence-corrected chi connectivity index (χ0v) is 9.65. The maximum absolute atomic E-state index is 13.5. The Morgan fingerprint density at radius 2 is 2.19 bits per heavy atom. The average molecular weight is 254 g/mol. The number of rotatable bonds is 3. The molecule has 0 radical (unpaired) electrons. The molecule has 1 aromatic carbocycles. The van der Waals surface area contributed by atoms with Crippen LogP contribution >= 0.6 is 23.1 Å². The minimum absolute atomic E-state index is 0.0342. The van der Waals surface area contributed by atoms with Crippen molar-refractivity contribution in [2.45, 2.75) is 9.10 Å². The smallest absolute Gasteiger partial charge is 0.335 e. The molecular weight excluding hydrogens is 247 g/mol. The highest BCUT2D eigenvalue weighted by molar-refractivity contribution is 8.01. The molecule has 0 aliphatic carbocycles. The summed E-state index contributed by atoms with van der Waals surface area (Å²) in [7, 11) is 0. The van der Waals surface area contributed by atoms with Crippen LogP contribution in [-0.4, -0.2) is 11.1 Å². The third kappa shape index (κ3) is 2.43. The van der Waals surface area contributed by atoms with Gasteiger partial charge in [0, 0.05) is 4.90 Å². The third-order valence-corrected chi connectivity index (χ3v) is 3.97. The summed E-state index contributed by atoms with van der Waals surface area (Å²) in [6, 6.07) is 7.71. The first-order chi connectivity index (χ1) is 7.66. The summed E-state index contributed by atoms with van der Waals surface area (Å²) in [6.07, 6.45) is 0. The van der Waals surface area contributed by atoms with Crippen LogP contribution in [0.3, 0.4) is 0 Å². The van der Waals surface area contributed by atoms with Crippen LogP contribution in [0.4, 0.5) is 4.39 Å². The number of aromatic carboxylic acids is 1. The number of hydrogen-bond acceptors (Lipinski definition) is 3. The van der Waals surface area contributed by atoms with Gasteiger partial charge in [-0.15, -0.1) is 11.3 Å². The number of carbonyl (C=O) groups is 1. The van der Waals surface area contributed by atoms with E-state index in [2.05, 4.69) is 0 Å². The second kappa shape index (κ2) is 4.67. The molecule has 0 spiro atoms. The van der Waals surface area contributed by atoms with E-state index in [1.54, 1.807) is 0 Å². The molecule has 0 aliphatic heterocycles. The summed E-state index contributed by atoms with van der Waals surface area (Å²) in [5.74, 6) is -1.62. The van der Waals surface area contributed by atoms with Gasteiger partial charge in [0.05, 0.1) is 9.77 Å². The van der Waals surface area contributed by atoms with E-state index in [4.69, 9.17) is 5.11 Å². The van der Waals surface area contributed by atoms with Crippen LogP contribution in [0.1, 0.15) is 10.4 Å². The molecule has 1 aromatic heterocycles. The van der Waals surface area contributed by atoms with Crippen LogP contribution in [0, 0.1) is 5.82 Å². The maximum Gasteiger partial charge on any atom is 0.335 e. The van der Waals surface area contributed by atoms with Crippen molar-refractivity contribution < 1.29 is 14.3 Å². The fourth-order valence-corrected chi connectivity index (χ4v) is 2.88. The molecule has 1 heterocycles. The number of hydrogen-bond donors (Lipinski definition) is 1. The lowest BCUT2D eigenvalue weighted by Gasteiger charge is -2.01. The highest BCUT2D eigenvalue weighted by Crippen LogP contribution is 2.33. The van der Waals surface area contributed by atoms with Gasteiger partial charge in [-0.1, -0.05) is 17.8 Å². The molecule has 5 heteroatoms. The van der Waals surface area contributed by atoms with Crippen molar-refractivity contribution in [3.8, 4) is 0 Å². The Labute approximate surface area is 99.7 Å². The first kappa shape index (κ1) is 11.2. The second-order valence-electron chi connectivity index (χ2n) is 2.98. The Hall–Kier alpha value is -1.33. The quantitative estimate of drug-likeness (QED) is 0.906. The fraction of sp³-hybridized carbons (Fsp3) is 0. The zero-order valence-electron chi connectivity index (χ0n) is 8.01. The molecule has 1 N–H and O–H groups in total. The highest BCUT2D eigenvalue weighted by atomic mass is 32.2. The van der Waals surface area contributed by atoms with Gasteiger partial charge in [0.25, 0.3) is 0 Å². The number of thiophene rings is 1. The molecule has 16 heavy (non-hydrogen) atoms. The number of carboxylic acids is 1. The van der Waals surface area contributed by atoms with Crippen molar-refractivity contribution in [3.05, 3.63) is 47.1 Å². The molecular formula is C11H7FO2S2. The van der Waals surface area contributed by atoms with Crippen molar-refractivity contribution in [1.29, 1.82) is 0 Å². The molecule has 0 saturated carbocycles. The summed E-state index contributed by atoms with van der Waals surface area (Å²) in [5, 5.41) is 10.6. The third-order valence-electron chi connectivity index (χ3n) is 1.88. The maximum atomic E-state index is 13.5. The van der Waals surface area contributed by atoms with E-state index in [0.29, 0.717) is 4.90 Å². The number of benzene rings is 1. The van der Waals surface area contributed by atoms with Crippen LogP contribution in [0.25, 0.3) is 0 Å². The minimum atomic E-state index is -1.12. The molecule has 0 amide bonds. The van der Waals surface area contributed by atoms with Gasteiger partial charge in [-0.25, -0.2) is 9.18 Å². The topological polar surface area (TPSA) is 37.3 Å². The first-order valence-corrected chi connectivity index (χ1v) is 6.10. The molecule has 0 bridgehead atoms.